The Kier molecular flexibility index (Phi) is 4.43. The fourth-order valence-electron chi connectivity index (χ4n) is 2.88. The van der Waals surface area contributed by atoms with Crippen molar-refractivity contribution in [2.24, 2.45) is 17.6 Å². The van der Waals surface area contributed by atoms with Gasteiger partial charge in [-0.05, 0) is 50.3 Å². The van der Waals surface area contributed by atoms with Gasteiger partial charge in [-0.15, -0.1) is 0 Å². The predicted molar refractivity (Wildman–Crippen MR) is 75.1 cm³/mol. The molecular weight excluding hydrogens is 240 g/mol. The monoisotopic (exact) mass is 262 g/mol. The number of carbonyl (C=O) groups excluding carboxylic acids is 1. The van der Waals surface area contributed by atoms with Crippen LogP contribution in [0.5, 0.6) is 5.75 Å². The molecule has 4 nitrogen and oxygen atoms in total. The van der Waals surface area contributed by atoms with Crippen molar-refractivity contribution in [3.8, 4) is 5.75 Å². The minimum Gasteiger partial charge on any atom is -0.508 e. The molecule has 2 atom stereocenters. The second kappa shape index (κ2) is 6.06. The minimum absolute atomic E-state index is 0.115. The van der Waals surface area contributed by atoms with Crippen LogP contribution in [0.3, 0.4) is 0 Å². The van der Waals surface area contributed by atoms with Crippen LogP contribution in [-0.4, -0.2) is 24.1 Å². The molecule has 4 heteroatoms. The van der Waals surface area contributed by atoms with Crippen LogP contribution < -0.4 is 11.1 Å². The van der Waals surface area contributed by atoms with E-state index in [9.17, 15) is 9.90 Å². The normalized spacial score (nSPS) is 22.4. The highest BCUT2D eigenvalue weighted by Crippen LogP contribution is 2.30. The number of carbonyl (C=O) groups is 1. The molecule has 2 unspecified atom stereocenters. The van der Waals surface area contributed by atoms with Gasteiger partial charge < -0.3 is 16.2 Å². The smallest absolute Gasteiger partial charge is 0.251 e. The van der Waals surface area contributed by atoms with Crippen molar-refractivity contribution in [2.75, 3.05) is 13.1 Å². The molecule has 4 N–H and O–H groups in total. The maximum absolute atomic E-state index is 12.1. The highest BCUT2D eigenvalue weighted by Gasteiger charge is 2.26. The fourth-order valence-corrected chi connectivity index (χ4v) is 2.88. The van der Waals surface area contributed by atoms with E-state index in [0.29, 0.717) is 36.1 Å². The van der Waals surface area contributed by atoms with Gasteiger partial charge in [-0.1, -0.05) is 12.5 Å². The van der Waals surface area contributed by atoms with E-state index < -0.39 is 0 Å². The molecule has 1 amide bonds. The topological polar surface area (TPSA) is 75.3 Å². The van der Waals surface area contributed by atoms with Crippen LogP contribution in [0, 0.1) is 18.8 Å². The molecule has 1 aliphatic carbocycles. The number of phenols is 1. The Hall–Kier alpha value is -1.55. The predicted octanol–water partition coefficient (Wildman–Crippen LogP) is 1.81. The van der Waals surface area contributed by atoms with Crippen molar-refractivity contribution < 1.29 is 9.90 Å². The van der Waals surface area contributed by atoms with Gasteiger partial charge in [-0.3, -0.25) is 4.79 Å². The molecule has 1 saturated carbocycles. The number of aromatic hydroxyl groups is 1. The summed E-state index contributed by atoms with van der Waals surface area (Å²) in [6.45, 7) is 3.13. The van der Waals surface area contributed by atoms with Crippen molar-refractivity contribution in [3.63, 3.8) is 0 Å². The van der Waals surface area contributed by atoms with Gasteiger partial charge in [0, 0.05) is 17.7 Å². The summed E-state index contributed by atoms with van der Waals surface area (Å²) in [6, 6.07) is 5.02. The number of hydrogen-bond acceptors (Lipinski definition) is 3. The Morgan fingerprint density at radius 1 is 1.42 bits per heavy atom. The van der Waals surface area contributed by atoms with Crippen LogP contribution in [0.2, 0.25) is 0 Å². The first-order valence-corrected chi connectivity index (χ1v) is 6.90. The summed E-state index contributed by atoms with van der Waals surface area (Å²) in [5.41, 5.74) is 6.91. The highest BCUT2D eigenvalue weighted by atomic mass is 16.3. The van der Waals surface area contributed by atoms with Gasteiger partial charge in [-0.2, -0.15) is 0 Å². The quantitative estimate of drug-likeness (QED) is 0.774. The number of benzene rings is 1. The third-order valence-electron chi connectivity index (χ3n) is 4.19. The molecule has 2 rings (SSSR count). The first-order valence-electron chi connectivity index (χ1n) is 6.90. The number of phenolic OH excluding ortho intramolecular Hbond substituents is 1. The zero-order chi connectivity index (χ0) is 13.8. The van der Waals surface area contributed by atoms with Crippen LogP contribution in [0.15, 0.2) is 18.2 Å². The molecule has 0 radical (unpaired) electrons. The van der Waals surface area contributed by atoms with Crippen molar-refractivity contribution in [1.29, 1.82) is 0 Å². The zero-order valence-corrected chi connectivity index (χ0v) is 11.4. The van der Waals surface area contributed by atoms with Crippen LogP contribution >= 0.6 is 0 Å². The van der Waals surface area contributed by atoms with E-state index in [1.54, 1.807) is 25.1 Å². The Balaban J connectivity index is 1.96. The van der Waals surface area contributed by atoms with Gasteiger partial charge in [0.25, 0.3) is 5.91 Å². The highest BCUT2D eigenvalue weighted by molar-refractivity contribution is 5.96. The minimum atomic E-state index is -0.115. The molecule has 1 aromatic rings. The Bertz CT molecular complexity index is 459. The van der Waals surface area contributed by atoms with Gasteiger partial charge in [0.05, 0.1) is 0 Å². The van der Waals surface area contributed by atoms with E-state index in [2.05, 4.69) is 5.32 Å². The molecule has 104 valence electrons. The molecule has 0 saturated heterocycles. The Morgan fingerprint density at radius 2 is 2.16 bits per heavy atom. The van der Waals surface area contributed by atoms with E-state index in [1.807, 2.05) is 0 Å². The number of amides is 1. The second-order valence-corrected chi connectivity index (χ2v) is 5.35. The Morgan fingerprint density at radius 3 is 2.89 bits per heavy atom. The van der Waals surface area contributed by atoms with Crippen LogP contribution in [-0.2, 0) is 0 Å². The van der Waals surface area contributed by atoms with Gasteiger partial charge >= 0.3 is 0 Å². The average molecular weight is 262 g/mol. The molecule has 19 heavy (non-hydrogen) atoms. The van der Waals surface area contributed by atoms with E-state index in [4.69, 9.17) is 5.73 Å². The van der Waals surface area contributed by atoms with E-state index in [1.165, 1.54) is 12.8 Å². The largest absolute Gasteiger partial charge is 0.508 e. The van der Waals surface area contributed by atoms with Crippen molar-refractivity contribution >= 4 is 5.91 Å². The summed E-state index contributed by atoms with van der Waals surface area (Å²) in [7, 11) is 0. The summed E-state index contributed by atoms with van der Waals surface area (Å²) in [4.78, 5) is 12.1. The maximum atomic E-state index is 12.1. The number of nitrogens with two attached hydrogens (primary N) is 1. The van der Waals surface area contributed by atoms with Gasteiger partial charge in [0.2, 0.25) is 0 Å². The number of nitrogens with one attached hydrogen (secondary N) is 1. The third-order valence-corrected chi connectivity index (χ3v) is 4.19. The van der Waals surface area contributed by atoms with Crippen LogP contribution in [0.25, 0.3) is 0 Å². The van der Waals surface area contributed by atoms with Crippen molar-refractivity contribution in [3.05, 3.63) is 29.3 Å². The maximum Gasteiger partial charge on any atom is 0.251 e. The summed E-state index contributed by atoms with van der Waals surface area (Å²) in [5.74, 6) is 1.07. The lowest BCUT2D eigenvalue weighted by atomic mass is 9.96. The summed E-state index contributed by atoms with van der Waals surface area (Å²) in [6.07, 6.45) is 3.51. The first kappa shape index (κ1) is 13.9. The number of hydrogen-bond donors (Lipinski definition) is 3. The Labute approximate surface area is 114 Å². The number of rotatable bonds is 4. The summed E-state index contributed by atoms with van der Waals surface area (Å²) < 4.78 is 0. The van der Waals surface area contributed by atoms with Gasteiger partial charge in [-0.25, -0.2) is 0 Å². The summed E-state index contributed by atoms with van der Waals surface area (Å²) >= 11 is 0. The van der Waals surface area contributed by atoms with Gasteiger partial charge in [0.1, 0.15) is 5.75 Å². The summed E-state index contributed by atoms with van der Waals surface area (Å²) in [5, 5.41) is 12.6. The van der Waals surface area contributed by atoms with Crippen molar-refractivity contribution in [1.82, 2.24) is 5.32 Å². The molecule has 1 aromatic carbocycles. The second-order valence-electron chi connectivity index (χ2n) is 5.35. The average Bonchev–Trinajstić information content (AvgIpc) is 2.86. The first-order chi connectivity index (χ1) is 9.13. The van der Waals surface area contributed by atoms with Crippen molar-refractivity contribution in [2.45, 2.75) is 26.2 Å². The fraction of sp³-hybridized carbons (Fsp3) is 0.533. The molecule has 0 aliphatic heterocycles. The lowest BCUT2D eigenvalue weighted by Gasteiger charge is -2.18. The molecule has 1 fully saturated rings. The third kappa shape index (κ3) is 3.07. The van der Waals surface area contributed by atoms with Gasteiger partial charge in [0.15, 0.2) is 0 Å². The van der Waals surface area contributed by atoms with E-state index >= 15 is 0 Å². The molecule has 1 aliphatic rings. The molecule has 0 spiro atoms. The standard InChI is InChI=1S/C15H22N2O2/c1-10-13(6-3-7-14(10)18)15(19)17-9-12-5-2-4-11(12)8-16/h3,6-7,11-12,18H,2,4-5,8-9,16H2,1H3,(H,17,19). The van der Waals surface area contributed by atoms with E-state index in [-0.39, 0.29) is 11.7 Å². The van der Waals surface area contributed by atoms with Crippen LogP contribution in [0.1, 0.15) is 35.2 Å². The zero-order valence-electron chi connectivity index (χ0n) is 11.4. The molecule has 0 aromatic heterocycles. The molecule has 0 heterocycles. The van der Waals surface area contributed by atoms with Crippen LogP contribution in [0.4, 0.5) is 0 Å². The molecule has 0 bridgehead atoms. The SMILES string of the molecule is Cc1c(O)cccc1C(=O)NCC1CCCC1CN. The van der Waals surface area contributed by atoms with E-state index in [0.717, 1.165) is 6.42 Å². The lowest BCUT2D eigenvalue weighted by molar-refractivity contribution is 0.0943. The molecular formula is C15H22N2O2. The lowest BCUT2D eigenvalue weighted by Crippen LogP contribution is -2.33.